The van der Waals surface area contributed by atoms with Gasteiger partial charge in [-0.15, -0.1) is 0 Å². The predicted molar refractivity (Wildman–Crippen MR) is 156 cm³/mol. The maximum atomic E-state index is 14.1. The highest BCUT2D eigenvalue weighted by molar-refractivity contribution is 7.92. The number of hydrogen-bond donors (Lipinski definition) is 1. The molecule has 40 heavy (non-hydrogen) atoms. The number of aryl methyl sites for hydroxylation is 2. The summed E-state index contributed by atoms with van der Waals surface area (Å²) < 4.78 is 42.4. The molecule has 7 nitrogen and oxygen atoms in total. The molecule has 1 unspecified atom stereocenters. The van der Waals surface area contributed by atoms with Gasteiger partial charge in [0.25, 0.3) is 10.0 Å². The molecule has 0 aliphatic carbocycles. The molecule has 9 heteroatoms. The normalized spacial score (nSPS) is 12.2. The molecule has 0 radical (unpaired) electrons. The Morgan fingerprint density at radius 1 is 0.925 bits per heavy atom. The molecule has 214 valence electrons. The van der Waals surface area contributed by atoms with Crippen LogP contribution in [0.4, 0.5) is 10.1 Å². The van der Waals surface area contributed by atoms with Gasteiger partial charge in [-0.1, -0.05) is 62.7 Å². The van der Waals surface area contributed by atoms with Crippen molar-refractivity contribution < 1.29 is 22.4 Å². The van der Waals surface area contributed by atoms with E-state index in [1.165, 1.54) is 29.2 Å². The number of hydrogen-bond acceptors (Lipinski definition) is 4. The van der Waals surface area contributed by atoms with Crippen LogP contribution in [0, 0.1) is 25.6 Å². The summed E-state index contributed by atoms with van der Waals surface area (Å²) in [5.74, 6) is -1.16. The number of nitrogens with one attached hydrogen (secondary N) is 1. The lowest BCUT2D eigenvalue weighted by Gasteiger charge is -2.33. The second-order valence-electron chi connectivity index (χ2n) is 10.3. The van der Waals surface area contributed by atoms with Crippen molar-refractivity contribution in [1.82, 2.24) is 10.2 Å². The molecule has 0 bridgehead atoms. The van der Waals surface area contributed by atoms with Crippen LogP contribution >= 0.6 is 0 Å². The van der Waals surface area contributed by atoms with Crippen molar-refractivity contribution in [2.45, 2.75) is 58.5 Å². The summed E-state index contributed by atoms with van der Waals surface area (Å²) >= 11 is 0. The molecule has 0 aliphatic rings. The van der Waals surface area contributed by atoms with E-state index in [9.17, 15) is 22.4 Å². The molecule has 3 aromatic carbocycles. The zero-order valence-electron chi connectivity index (χ0n) is 23.7. The lowest BCUT2D eigenvalue weighted by Crippen LogP contribution is -2.52. The van der Waals surface area contributed by atoms with Crippen molar-refractivity contribution in [1.29, 1.82) is 0 Å². The molecule has 0 saturated carbocycles. The maximum absolute atomic E-state index is 14.1. The first-order chi connectivity index (χ1) is 18.9. The third kappa shape index (κ3) is 7.69. The van der Waals surface area contributed by atoms with Crippen LogP contribution in [-0.4, -0.2) is 44.3 Å². The van der Waals surface area contributed by atoms with E-state index < -0.39 is 34.3 Å². The fourth-order valence-electron chi connectivity index (χ4n) is 4.29. The number of carbonyl (C=O) groups is 2. The van der Waals surface area contributed by atoms with Gasteiger partial charge in [0.05, 0.1) is 10.6 Å². The minimum absolute atomic E-state index is 0.00222. The third-order valence-electron chi connectivity index (χ3n) is 6.67. The van der Waals surface area contributed by atoms with E-state index in [-0.39, 0.29) is 29.0 Å². The first kappa shape index (κ1) is 30.8. The minimum Gasteiger partial charge on any atom is -0.354 e. The fourth-order valence-corrected chi connectivity index (χ4v) is 5.70. The Labute approximate surface area is 237 Å². The van der Waals surface area contributed by atoms with Crippen LogP contribution in [0.25, 0.3) is 0 Å². The van der Waals surface area contributed by atoms with Crippen molar-refractivity contribution in [2.75, 3.05) is 17.4 Å². The Kier molecular flexibility index (Phi) is 10.5. The van der Waals surface area contributed by atoms with Gasteiger partial charge in [0.15, 0.2) is 0 Å². The second kappa shape index (κ2) is 13.6. The van der Waals surface area contributed by atoms with Gasteiger partial charge in [-0.3, -0.25) is 13.9 Å². The molecular weight excluding hydrogens is 529 g/mol. The number of amides is 2. The number of rotatable bonds is 12. The SMILES string of the molecule is CCC(C(=O)NCC(C)C)N(Cc1ccccc1C)C(=O)CN(c1ccc(F)cc1)S(=O)(=O)c1ccc(C)cc1. The molecule has 1 atom stereocenters. The molecule has 0 fully saturated rings. The maximum Gasteiger partial charge on any atom is 0.264 e. The van der Waals surface area contributed by atoms with Gasteiger partial charge in [-0.2, -0.15) is 0 Å². The molecular formula is C31H38FN3O4S. The largest absolute Gasteiger partial charge is 0.354 e. The standard InChI is InChI=1S/C31H38FN3O4S/c1-6-29(31(37)33-19-22(2)3)34(20-25-10-8-7-9-24(25)5)30(36)21-35(27-15-13-26(32)14-16-27)40(38,39)28-17-11-23(4)12-18-28/h7-18,22,29H,6,19-21H2,1-5H3,(H,33,37). The van der Waals surface area contributed by atoms with E-state index in [1.54, 1.807) is 12.1 Å². The highest BCUT2D eigenvalue weighted by atomic mass is 32.2. The average Bonchev–Trinajstić information content (AvgIpc) is 2.92. The summed E-state index contributed by atoms with van der Waals surface area (Å²) in [5, 5.41) is 2.92. The second-order valence-corrected chi connectivity index (χ2v) is 12.2. The molecule has 1 N–H and O–H groups in total. The van der Waals surface area contributed by atoms with Crippen LogP contribution < -0.4 is 9.62 Å². The van der Waals surface area contributed by atoms with E-state index in [4.69, 9.17) is 0 Å². The Morgan fingerprint density at radius 3 is 2.12 bits per heavy atom. The van der Waals surface area contributed by atoms with Crippen LogP contribution in [-0.2, 0) is 26.2 Å². The highest BCUT2D eigenvalue weighted by Gasteiger charge is 2.33. The Hall–Kier alpha value is -3.72. The summed E-state index contributed by atoms with van der Waals surface area (Å²) in [6.45, 7) is 9.55. The van der Waals surface area contributed by atoms with Crippen LogP contribution in [0.2, 0.25) is 0 Å². The Morgan fingerprint density at radius 2 is 1.55 bits per heavy atom. The predicted octanol–water partition coefficient (Wildman–Crippen LogP) is 5.22. The Bertz CT molecular complexity index is 1410. The van der Waals surface area contributed by atoms with Crippen molar-refractivity contribution in [2.24, 2.45) is 5.92 Å². The monoisotopic (exact) mass is 567 g/mol. The van der Waals surface area contributed by atoms with Gasteiger partial charge < -0.3 is 10.2 Å². The minimum atomic E-state index is -4.20. The van der Waals surface area contributed by atoms with Crippen LogP contribution in [0.1, 0.15) is 43.9 Å². The molecule has 3 rings (SSSR count). The first-order valence-corrected chi connectivity index (χ1v) is 14.8. The van der Waals surface area contributed by atoms with Gasteiger partial charge in [0, 0.05) is 13.1 Å². The van der Waals surface area contributed by atoms with Crippen LogP contribution in [0.15, 0.2) is 77.7 Å². The summed E-state index contributed by atoms with van der Waals surface area (Å²) in [7, 11) is -4.20. The number of anilines is 1. The topological polar surface area (TPSA) is 86.8 Å². The third-order valence-corrected chi connectivity index (χ3v) is 8.46. The number of benzene rings is 3. The lowest BCUT2D eigenvalue weighted by molar-refractivity contribution is -0.140. The quantitative estimate of drug-likeness (QED) is 0.325. The van der Waals surface area contributed by atoms with Crippen LogP contribution in [0.5, 0.6) is 0 Å². The van der Waals surface area contributed by atoms with E-state index in [2.05, 4.69) is 5.32 Å². The number of carbonyl (C=O) groups excluding carboxylic acids is 2. The zero-order chi connectivity index (χ0) is 29.4. The van der Waals surface area contributed by atoms with Crippen LogP contribution in [0.3, 0.4) is 0 Å². The van der Waals surface area contributed by atoms with E-state index in [0.717, 1.165) is 33.1 Å². The Balaban J connectivity index is 2.05. The van der Waals surface area contributed by atoms with Gasteiger partial charge in [0.1, 0.15) is 18.4 Å². The molecule has 0 spiro atoms. The van der Waals surface area contributed by atoms with Crippen molar-refractivity contribution in [3.05, 3.63) is 95.3 Å². The molecule has 0 saturated heterocycles. The molecule has 3 aromatic rings. The summed E-state index contributed by atoms with van der Waals surface area (Å²) in [6, 6.07) is 18.0. The first-order valence-electron chi connectivity index (χ1n) is 13.4. The number of nitrogens with zero attached hydrogens (tertiary/aromatic N) is 2. The zero-order valence-corrected chi connectivity index (χ0v) is 24.5. The van der Waals surface area contributed by atoms with Crippen molar-refractivity contribution in [3.8, 4) is 0 Å². The van der Waals surface area contributed by atoms with Gasteiger partial charge in [-0.25, -0.2) is 12.8 Å². The summed E-state index contributed by atoms with van der Waals surface area (Å²) in [6.07, 6.45) is 0.336. The van der Waals surface area contributed by atoms with Gasteiger partial charge in [-0.05, 0) is 73.7 Å². The molecule has 0 aliphatic heterocycles. The lowest BCUT2D eigenvalue weighted by atomic mass is 10.1. The fraction of sp³-hybridized carbons (Fsp3) is 0.355. The van der Waals surface area contributed by atoms with Gasteiger partial charge in [0.2, 0.25) is 11.8 Å². The summed E-state index contributed by atoms with van der Waals surface area (Å²) in [4.78, 5) is 28.8. The van der Waals surface area contributed by atoms with Crippen molar-refractivity contribution in [3.63, 3.8) is 0 Å². The van der Waals surface area contributed by atoms with E-state index in [1.807, 2.05) is 58.9 Å². The van der Waals surface area contributed by atoms with Gasteiger partial charge >= 0.3 is 0 Å². The highest BCUT2D eigenvalue weighted by Crippen LogP contribution is 2.25. The summed E-state index contributed by atoms with van der Waals surface area (Å²) in [5.41, 5.74) is 2.82. The molecule has 0 heterocycles. The van der Waals surface area contributed by atoms with E-state index in [0.29, 0.717) is 13.0 Å². The smallest absolute Gasteiger partial charge is 0.264 e. The average molecular weight is 568 g/mol. The number of halogens is 1. The van der Waals surface area contributed by atoms with Crippen molar-refractivity contribution >= 4 is 27.5 Å². The molecule has 2 amide bonds. The van der Waals surface area contributed by atoms with E-state index >= 15 is 0 Å². The molecule has 0 aromatic heterocycles. The number of sulfonamides is 1.